The molecule has 0 saturated carbocycles. The van der Waals surface area contributed by atoms with Crippen LogP contribution in [0.1, 0.15) is 30.9 Å². The molecule has 3 rings (SSSR count). The van der Waals surface area contributed by atoms with E-state index in [2.05, 4.69) is 17.1 Å². The largest absolute Gasteiger partial charge is 0.504 e. The van der Waals surface area contributed by atoms with Gasteiger partial charge in [-0.15, -0.1) is 0 Å². The fourth-order valence-corrected chi connectivity index (χ4v) is 3.70. The number of nitrogens with one attached hydrogen (secondary N) is 1. The number of nitrogens with zero attached hydrogens (tertiary/aromatic N) is 1. The molecule has 0 spiro atoms. The van der Waals surface area contributed by atoms with Crippen molar-refractivity contribution >= 4 is 0 Å². The molecule has 20 heavy (non-hydrogen) atoms. The Morgan fingerprint density at radius 1 is 1.30 bits per heavy atom. The lowest BCUT2D eigenvalue weighted by Gasteiger charge is -2.39. The molecule has 4 heteroatoms. The first-order chi connectivity index (χ1) is 9.70. The van der Waals surface area contributed by atoms with E-state index < -0.39 is 0 Å². The van der Waals surface area contributed by atoms with Gasteiger partial charge in [-0.05, 0) is 56.9 Å². The maximum atomic E-state index is 10.1. The number of hydrogen-bond acceptors (Lipinski definition) is 4. The van der Waals surface area contributed by atoms with Gasteiger partial charge in [0, 0.05) is 17.6 Å². The first kappa shape index (κ1) is 13.7. The summed E-state index contributed by atoms with van der Waals surface area (Å²) in [5, 5.41) is 23.4. The van der Waals surface area contributed by atoms with E-state index in [0.29, 0.717) is 12.1 Å². The molecule has 0 amide bonds. The fourth-order valence-electron chi connectivity index (χ4n) is 3.70. The third-order valence-electron chi connectivity index (χ3n) is 4.68. The Labute approximate surface area is 120 Å². The molecular formula is C16H24N2O2. The van der Waals surface area contributed by atoms with Crippen LogP contribution in [-0.2, 0) is 12.8 Å². The Morgan fingerprint density at radius 3 is 2.95 bits per heavy atom. The lowest BCUT2D eigenvalue weighted by atomic mass is 9.83. The van der Waals surface area contributed by atoms with Crippen LogP contribution in [0.5, 0.6) is 11.5 Å². The van der Waals surface area contributed by atoms with E-state index in [0.717, 1.165) is 38.0 Å². The minimum absolute atomic E-state index is 0.00114. The van der Waals surface area contributed by atoms with E-state index >= 15 is 0 Å². The summed E-state index contributed by atoms with van der Waals surface area (Å²) in [4.78, 5) is 2.59. The van der Waals surface area contributed by atoms with E-state index in [4.69, 9.17) is 0 Å². The van der Waals surface area contributed by atoms with Crippen molar-refractivity contribution in [1.29, 1.82) is 0 Å². The van der Waals surface area contributed by atoms with Gasteiger partial charge in [0.1, 0.15) is 0 Å². The van der Waals surface area contributed by atoms with Crippen LogP contribution in [0.3, 0.4) is 0 Å². The topological polar surface area (TPSA) is 55.7 Å². The lowest BCUT2D eigenvalue weighted by molar-refractivity contribution is 0.167. The molecule has 2 atom stereocenters. The van der Waals surface area contributed by atoms with E-state index in [-0.39, 0.29) is 11.5 Å². The Bertz CT molecular complexity index is 490. The van der Waals surface area contributed by atoms with Crippen LogP contribution >= 0.6 is 0 Å². The van der Waals surface area contributed by atoms with Gasteiger partial charge in [-0.1, -0.05) is 13.0 Å². The van der Waals surface area contributed by atoms with Gasteiger partial charge in [0.15, 0.2) is 11.5 Å². The van der Waals surface area contributed by atoms with Crippen LogP contribution in [0.4, 0.5) is 0 Å². The number of aromatic hydroxyl groups is 2. The zero-order valence-corrected chi connectivity index (χ0v) is 12.1. The summed E-state index contributed by atoms with van der Waals surface area (Å²) in [6.07, 6.45) is 4.12. The van der Waals surface area contributed by atoms with Crippen molar-refractivity contribution in [2.24, 2.45) is 0 Å². The highest BCUT2D eigenvalue weighted by Crippen LogP contribution is 2.37. The van der Waals surface area contributed by atoms with Gasteiger partial charge in [0.2, 0.25) is 0 Å². The molecule has 1 aromatic carbocycles. The monoisotopic (exact) mass is 276 g/mol. The summed E-state index contributed by atoms with van der Waals surface area (Å²) in [6, 6.07) is 4.47. The van der Waals surface area contributed by atoms with E-state index in [1.54, 1.807) is 6.07 Å². The van der Waals surface area contributed by atoms with Gasteiger partial charge >= 0.3 is 0 Å². The molecule has 1 aromatic rings. The summed E-state index contributed by atoms with van der Waals surface area (Å²) in [6.45, 7) is 5.56. The molecule has 1 heterocycles. The number of phenolic OH excluding ortho intramolecular Hbond substituents is 2. The minimum Gasteiger partial charge on any atom is -0.504 e. The van der Waals surface area contributed by atoms with Crippen molar-refractivity contribution < 1.29 is 10.2 Å². The first-order valence-corrected chi connectivity index (χ1v) is 7.70. The summed E-state index contributed by atoms with van der Waals surface area (Å²) in [5.74, 6) is 0.0790. The van der Waals surface area contributed by atoms with Crippen LogP contribution in [0, 0.1) is 0 Å². The molecule has 3 N–H and O–H groups in total. The van der Waals surface area contributed by atoms with Crippen LogP contribution in [0.2, 0.25) is 0 Å². The summed E-state index contributed by atoms with van der Waals surface area (Å²) < 4.78 is 0. The normalized spacial score (nSPS) is 26.6. The first-order valence-electron chi connectivity index (χ1n) is 7.70. The van der Waals surface area contributed by atoms with Gasteiger partial charge in [0.25, 0.3) is 0 Å². The van der Waals surface area contributed by atoms with Gasteiger partial charge in [-0.3, -0.25) is 4.90 Å². The average molecular weight is 276 g/mol. The molecular weight excluding hydrogens is 252 g/mol. The number of phenols is 2. The van der Waals surface area contributed by atoms with Gasteiger partial charge < -0.3 is 15.5 Å². The van der Waals surface area contributed by atoms with Gasteiger partial charge in [-0.2, -0.15) is 0 Å². The predicted molar refractivity (Wildman–Crippen MR) is 79.2 cm³/mol. The second kappa shape index (κ2) is 5.62. The lowest BCUT2D eigenvalue weighted by Crippen LogP contribution is -2.52. The number of hydrogen-bond donors (Lipinski definition) is 3. The summed E-state index contributed by atoms with van der Waals surface area (Å²) in [7, 11) is 0. The molecule has 110 valence electrons. The molecule has 2 aliphatic rings. The van der Waals surface area contributed by atoms with Crippen LogP contribution in [0.25, 0.3) is 0 Å². The van der Waals surface area contributed by atoms with Crippen LogP contribution in [0.15, 0.2) is 12.1 Å². The van der Waals surface area contributed by atoms with Crippen molar-refractivity contribution in [2.45, 2.75) is 44.7 Å². The highest BCUT2D eigenvalue weighted by molar-refractivity contribution is 5.51. The molecule has 4 nitrogen and oxygen atoms in total. The van der Waals surface area contributed by atoms with Crippen molar-refractivity contribution in [3.63, 3.8) is 0 Å². The standard InChI is InChI=1S/C16H24N2O2/c1-2-7-18-8-3-6-17-13-10-12-11(9-14(13)18)4-5-15(19)16(12)20/h4-5,13-14,17,19-20H,2-3,6-10H2,1H3/t13?,14-/m1/s1. The minimum atomic E-state index is 0.00114. The van der Waals surface area contributed by atoms with Gasteiger partial charge in [-0.25, -0.2) is 0 Å². The molecule has 0 bridgehead atoms. The highest BCUT2D eigenvalue weighted by Gasteiger charge is 2.35. The van der Waals surface area contributed by atoms with Crippen LogP contribution < -0.4 is 5.32 Å². The van der Waals surface area contributed by atoms with E-state index in [1.165, 1.54) is 18.4 Å². The molecule has 0 radical (unpaired) electrons. The average Bonchev–Trinajstić information content (AvgIpc) is 2.64. The molecule has 1 aliphatic heterocycles. The SMILES string of the molecule is CCCN1CCCNC2Cc3c(ccc(O)c3O)C[C@H]21. The second-order valence-corrected chi connectivity index (χ2v) is 6.00. The molecule has 1 saturated heterocycles. The molecule has 0 aromatic heterocycles. The third kappa shape index (κ3) is 2.38. The second-order valence-electron chi connectivity index (χ2n) is 6.00. The maximum absolute atomic E-state index is 10.1. The fraction of sp³-hybridized carbons (Fsp3) is 0.625. The van der Waals surface area contributed by atoms with Crippen molar-refractivity contribution in [2.75, 3.05) is 19.6 Å². The Kier molecular flexibility index (Phi) is 3.85. The zero-order valence-electron chi connectivity index (χ0n) is 12.1. The molecule has 1 unspecified atom stereocenters. The highest BCUT2D eigenvalue weighted by atomic mass is 16.3. The summed E-state index contributed by atoms with van der Waals surface area (Å²) >= 11 is 0. The predicted octanol–water partition coefficient (Wildman–Crippen LogP) is 1.64. The molecule has 1 fully saturated rings. The smallest absolute Gasteiger partial charge is 0.161 e. The number of fused-ring (bicyclic) bond motifs is 2. The van der Waals surface area contributed by atoms with E-state index in [9.17, 15) is 10.2 Å². The van der Waals surface area contributed by atoms with E-state index in [1.807, 2.05) is 6.07 Å². The number of benzene rings is 1. The van der Waals surface area contributed by atoms with Crippen LogP contribution in [-0.4, -0.2) is 46.8 Å². The number of rotatable bonds is 2. The Hall–Kier alpha value is -1.26. The van der Waals surface area contributed by atoms with Gasteiger partial charge in [0.05, 0.1) is 0 Å². The summed E-state index contributed by atoms with van der Waals surface area (Å²) in [5.41, 5.74) is 2.11. The maximum Gasteiger partial charge on any atom is 0.161 e. The Balaban J connectivity index is 1.92. The van der Waals surface area contributed by atoms with Crippen molar-refractivity contribution in [3.8, 4) is 11.5 Å². The quantitative estimate of drug-likeness (QED) is 0.719. The molecule has 1 aliphatic carbocycles. The van der Waals surface area contributed by atoms with Crippen molar-refractivity contribution in [3.05, 3.63) is 23.3 Å². The third-order valence-corrected chi connectivity index (χ3v) is 4.68. The van der Waals surface area contributed by atoms with Crippen molar-refractivity contribution in [1.82, 2.24) is 10.2 Å². The Morgan fingerprint density at radius 2 is 2.15 bits per heavy atom. The zero-order chi connectivity index (χ0) is 14.1.